The largest absolute Gasteiger partial charge is 0.360 e. The van der Waals surface area contributed by atoms with Crippen molar-refractivity contribution in [3.8, 4) is 0 Å². The molecule has 5 nitrogen and oxygen atoms in total. The van der Waals surface area contributed by atoms with Gasteiger partial charge in [0, 0.05) is 41.4 Å². The lowest BCUT2D eigenvalue weighted by Crippen LogP contribution is -2.33. The van der Waals surface area contributed by atoms with Crippen LogP contribution in [0, 0.1) is 6.92 Å². The van der Waals surface area contributed by atoms with Crippen LogP contribution in [-0.2, 0) is 11.3 Å². The molecule has 4 aromatic rings. The molecule has 0 fully saturated rings. The third-order valence-electron chi connectivity index (χ3n) is 4.68. The number of hydrogen-bond donors (Lipinski definition) is 2. The first-order valence-electron chi connectivity index (χ1n) is 8.58. The van der Waals surface area contributed by atoms with Gasteiger partial charge in [-0.15, -0.1) is 0 Å². The number of amides is 1. The van der Waals surface area contributed by atoms with Crippen LogP contribution in [0.5, 0.6) is 0 Å². The molecule has 2 aromatic carbocycles. The van der Waals surface area contributed by atoms with Crippen LogP contribution in [0.2, 0.25) is 0 Å². The number of rotatable bonds is 5. The second-order valence-corrected chi connectivity index (χ2v) is 6.33. The van der Waals surface area contributed by atoms with Gasteiger partial charge in [-0.05, 0) is 30.5 Å². The average molecular weight is 345 g/mol. The molecule has 26 heavy (non-hydrogen) atoms. The van der Waals surface area contributed by atoms with E-state index in [0.717, 1.165) is 22.1 Å². The second-order valence-electron chi connectivity index (χ2n) is 6.33. The molecule has 0 aliphatic rings. The lowest BCUT2D eigenvalue weighted by Gasteiger charge is -2.09. The molecule has 130 valence electrons. The minimum Gasteiger partial charge on any atom is -0.360 e. The number of fused-ring (bicyclic) bond motifs is 2. The van der Waals surface area contributed by atoms with Crippen LogP contribution >= 0.6 is 0 Å². The minimum atomic E-state index is -0.580. The van der Waals surface area contributed by atoms with Crippen LogP contribution in [0.1, 0.15) is 16.1 Å². The summed E-state index contributed by atoms with van der Waals surface area (Å²) in [6.07, 6.45) is 1.59. The molecular weight excluding hydrogens is 326 g/mol. The normalized spacial score (nSPS) is 11.1. The Morgan fingerprint density at radius 2 is 1.85 bits per heavy atom. The number of aryl methyl sites for hydroxylation is 1. The summed E-state index contributed by atoms with van der Waals surface area (Å²) >= 11 is 0. The van der Waals surface area contributed by atoms with Crippen molar-refractivity contribution in [1.29, 1.82) is 0 Å². The number of benzene rings is 2. The molecule has 0 saturated heterocycles. The van der Waals surface area contributed by atoms with E-state index < -0.39 is 11.7 Å². The number of ketones is 1. The van der Waals surface area contributed by atoms with Crippen molar-refractivity contribution in [1.82, 2.24) is 14.9 Å². The number of nitrogens with one attached hydrogen (secondary N) is 2. The van der Waals surface area contributed by atoms with E-state index in [-0.39, 0.29) is 0 Å². The maximum absolute atomic E-state index is 12.5. The van der Waals surface area contributed by atoms with Crippen molar-refractivity contribution in [2.45, 2.75) is 13.5 Å². The van der Waals surface area contributed by atoms with Crippen molar-refractivity contribution in [3.63, 3.8) is 0 Å². The maximum atomic E-state index is 12.5. The third-order valence-corrected chi connectivity index (χ3v) is 4.68. The Hall–Kier alpha value is -3.34. The Morgan fingerprint density at radius 3 is 2.73 bits per heavy atom. The van der Waals surface area contributed by atoms with Gasteiger partial charge in [0.2, 0.25) is 0 Å². The van der Waals surface area contributed by atoms with E-state index in [2.05, 4.69) is 33.1 Å². The van der Waals surface area contributed by atoms with Crippen molar-refractivity contribution >= 4 is 33.5 Å². The minimum absolute atomic E-state index is 0.395. The average Bonchev–Trinajstić information content (AvgIpc) is 3.22. The number of aromatic amines is 1. The summed E-state index contributed by atoms with van der Waals surface area (Å²) in [6.45, 7) is 3.05. The number of para-hydroxylation sites is 2. The summed E-state index contributed by atoms with van der Waals surface area (Å²) in [5.41, 5.74) is 3.50. The maximum Gasteiger partial charge on any atom is 0.292 e. The topological polar surface area (TPSA) is 66.9 Å². The van der Waals surface area contributed by atoms with Crippen molar-refractivity contribution in [2.24, 2.45) is 0 Å². The van der Waals surface area contributed by atoms with Crippen LogP contribution in [0.25, 0.3) is 21.8 Å². The highest BCUT2D eigenvalue weighted by Gasteiger charge is 2.19. The summed E-state index contributed by atoms with van der Waals surface area (Å²) in [6, 6.07) is 17.7. The van der Waals surface area contributed by atoms with E-state index in [9.17, 15) is 9.59 Å². The van der Waals surface area contributed by atoms with Gasteiger partial charge < -0.3 is 14.9 Å². The van der Waals surface area contributed by atoms with E-state index in [1.165, 1.54) is 5.39 Å². The molecule has 2 N–H and O–H groups in total. The van der Waals surface area contributed by atoms with Crippen LogP contribution < -0.4 is 5.32 Å². The number of hydrogen-bond acceptors (Lipinski definition) is 2. The highest BCUT2D eigenvalue weighted by Crippen LogP contribution is 2.19. The highest BCUT2D eigenvalue weighted by molar-refractivity contribution is 6.44. The SMILES string of the molecule is Cc1cc2ccccc2n1CCNC(=O)C(=O)c1c[nH]c2ccccc12. The molecule has 0 saturated carbocycles. The Labute approximate surface area is 150 Å². The number of Topliss-reactive ketones (excluding diaryl/α,β-unsaturated/α-hetero) is 1. The van der Waals surface area contributed by atoms with Gasteiger partial charge >= 0.3 is 0 Å². The van der Waals surface area contributed by atoms with Gasteiger partial charge in [0.05, 0.1) is 5.56 Å². The molecule has 0 bridgehead atoms. The van der Waals surface area contributed by atoms with Crippen molar-refractivity contribution in [3.05, 3.63) is 72.1 Å². The summed E-state index contributed by atoms with van der Waals surface area (Å²) in [5, 5.41) is 4.68. The second kappa shape index (κ2) is 6.52. The molecule has 0 atom stereocenters. The van der Waals surface area contributed by atoms with Crippen molar-refractivity contribution in [2.75, 3.05) is 6.54 Å². The lowest BCUT2D eigenvalue weighted by molar-refractivity contribution is -0.117. The number of nitrogens with zero attached hydrogens (tertiary/aromatic N) is 1. The number of aromatic nitrogens is 2. The van der Waals surface area contributed by atoms with E-state index in [0.29, 0.717) is 18.7 Å². The molecule has 0 spiro atoms. The number of carbonyl (C=O) groups is 2. The summed E-state index contributed by atoms with van der Waals surface area (Å²) in [7, 11) is 0. The molecule has 4 rings (SSSR count). The lowest BCUT2D eigenvalue weighted by atomic mass is 10.1. The van der Waals surface area contributed by atoms with E-state index in [1.54, 1.807) is 6.20 Å². The number of H-pyrrole nitrogens is 1. The van der Waals surface area contributed by atoms with Gasteiger partial charge in [-0.25, -0.2) is 0 Å². The quantitative estimate of drug-likeness (QED) is 0.430. The Bertz CT molecular complexity index is 1120. The van der Waals surface area contributed by atoms with E-state index in [1.807, 2.05) is 43.3 Å². The van der Waals surface area contributed by atoms with E-state index >= 15 is 0 Å². The fourth-order valence-electron chi connectivity index (χ4n) is 3.39. The van der Waals surface area contributed by atoms with Gasteiger partial charge in [-0.3, -0.25) is 9.59 Å². The summed E-state index contributed by atoms with van der Waals surface area (Å²) < 4.78 is 2.14. The van der Waals surface area contributed by atoms with Gasteiger partial charge in [0.15, 0.2) is 0 Å². The van der Waals surface area contributed by atoms with Crippen LogP contribution in [0.3, 0.4) is 0 Å². The van der Waals surface area contributed by atoms with Crippen LogP contribution in [-0.4, -0.2) is 27.8 Å². The smallest absolute Gasteiger partial charge is 0.292 e. The Morgan fingerprint density at radius 1 is 1.08 bits per heavy atom. The van der Waals surface area contributed by atoms with E-state index in [4.69, 9.17) is 0 Å². The summed E-state index contributed by atoms with van der Waals surface area (Å²) in [4.78, 5) is 27.8. The van der Waals surface area contributed by atoms with Crippen LogP contribution in [0.4, 0.5) is 0 Å². The zero-order valence-corrected chi connectivity index (χ0v) is 14.5. The van der Waals surface area contributed by atoms with Gasteiger partial charge in [0.1, 0.15) is 0 Å². The number of carbonyl (C=O) groups excluding carboxylic acids is 2. The zero-order chi connectivity index (χ0) is 18.1. The van der Waals surface area contributed by atoms with Gasteiger partial charge in [-0.2, -0.15) is 0 Å². The molecule has 2 heterocycles. The third kappa shape index (κ3) is 2.77. The molecule has 0 radical (unpaired) electrons. The monoisotopic (exact) mass is 345 g/mol. The predicted molar refractivity (Wildman–Crippen MR) is 102 cm³/mol. The fourth-order valence-corrected chi connectivity index (χ4v) is 3.39. The zero-order valence-electron chi connectivity index (χ0n) is 14.5. The molecule has 2 aromatic heterocycles. The Kier molecular flexibility index (Phi) is 4.05. The first kappa shape index (κ1) is 16.1. The molecule has 0 aliphatic heterocycles. The van der Waals surface area contributed by atoms with Crippen molar-refractivity contribution < 1.29 is 9.59 Å². The molecule has 5 heteroatoms. The fraction of sp³-hybridized carbons (Fsp3) is 0.143. The van der Waals surface area contributed by atoms with Gasteiger partial charge in [-0.1, -0.05) is 36.4 Å². The highest BCUT2D eigenvalue weighted by atomic mass is 16.2. The van der Waals surface area contributed by atoms with Crippen LogP contribution in [0.15, 0.2) is 60.8 Å². The summed E-state index contributed by atoms with van der Waals surface area (Å²) in [5.74, 6) is -1.10. The first-order valence-corrected chi connectivity index (χ1v) is 8.58. The molecule has 0 unspecified atom stereocenters. The first-order chi connectivity index (χ1) is 12.6. The van der Waals surface area contributed by atoms with Gasteiger partial charge in [0.25, 0.3) is 11.7 Å². The predicted octanol–water partition coefficient (Wildman–Crippen LogP) is 3.43. The Balaban J connectivity index is 1.45. The molecule has 1 amide bonds. The molecular formula is C21H19N3O2. The molecule has 0 aliphatic carbocycles. The standard InChI is InChI=1S/C21H19N3O2/c1-14-12-15-6-2-5-9-19(15)24(14)11-10-22-21(26)20(25)17-13-23-18-8-4-3-7-16(17)18/h2-9,12-13,23H,10-11H2,1H3,(H,22,26).